The van der Waals surface area contributed by atoms with Crippen molar-refractivity contribution in [2.24, 2.45) is 0 Å². The fourth-order valence-corrected chi connectivity index (χ4v) is 2.76. The Morgan fingerprint density at radius 1 is 1.10 bits per heavy atom. The first-order valence-corrected chi connectivity index (χ1v) is 7.76. The standard InChI is InChI=1S/C17H17N3S/c1-12-7-8-18-9-15(12)10-19-16-5-3-14(4-6-16)17-11-21-13(2)20-17/h3-9,11,19H,10H2,1-2H3. The Bertz CT molecular complexity index is 732. The summed E-state index contributed by atoms with van der Waals surface area (Å²) in [5.41, 5.74) is 5.78. The molecule has 0 spiro atoms. The van der Waals surface area contributed by atoms with Crippen LogP contribution < -0.4 is 5.32 Å². The highest BCUT2D eigenvalue weighted by molar-refractivity contribution is 7.09. The van der Waals surface area contributed by atoms with E-state index in [1.807, 2.05) is 25.4 Å². The van der Waals surface area contributed by atoms with E-state index in [0.717, 1.165) is 28.5 Å². The number of nitrogens with one attached hydrogen (secondary N) is 1. The van der Waals surface area contributed by atoms with Crippen LogP contribution in [-0.4, -0.2) is 9.97 Å². The number of aryl methyl sites for hydroxylation is 2. The molecule has 3 nitrogen and oxygen atoms in total. The fourth-order valence-electron chi connectivity index (χ4n) is 2.13. The smallest absolute Gasteiger partial charge is 0.0901 e. The minimum absolute atomic E-state index is 0.787. The van der Waals surface area contributed by atoms with E-state index in [2.05, 4.69) is 51.9 Å². The predicted molar refractivity (Wildman–Crippen MR) is 88.6 cm³/mol. The summed E-state index contributed by atoms with van der Waals surface area (Å²) in [5, 5.41) is 6.62. The highest BCUT2D eigenvalue weighted by Gasteiger charge is 2.02. The first-order chi connectivity index (χ1) is 10.2. The second-order valence-electron chi connectivity index (χ2n) is 4.98. The second kappa shape index (κ2) is 6.06. The van der Waals surface area contributed by atoms with Crippen LogP contribution in [-0.2, 0) is 6.54 Å². The molecule has 0 saturated heterocycles. The summed E-state index contributed by atoms with van der Waals surface area (Å²) in [7, 11) is 0. The number of hydrogen-bond acceptors (Lipinski definition) is 4. The van der Waals surface area contributed by atoms with Gasteiger partial charge in [-0.05, 0) is 43.2 Å². The van der Waals surface area contributed by atoms with Gasteiger partial charge in [0.05, 0.1) is 10.7 Å². The minimum Gasteiger partial charge on any atom is -0.381 e. The third-order valence-corrected chi connectivity index (χ3v) is 4.20. The summed E-state index contributed by atoms with van der Waals surface area (Å²) < 4.78 is 0. The summed E-state index contributed by atoms with van der Waals surface area (Å²) in [6.45, 7) is 4.92. The fraction of sp³-hybridized carbons (Fsp3) is 0.176. The van der Waals surface area contributed by atoms with Crippen LogP contribution in [0.4, 0.5) is 5.69 Å². The summed E-state index contributed by atoms with van der Waals surface area (Å²) in [6.07, 6.45) is 3.73. The van der Waals surface area contributed by atoms with Crippen molar-refractivity contribution in [3.8, 4) is 11.3 Å². The van der Waals surface area contributed by atoms with Gasteiger partial charge in [-0.2, -0.15) is 0 Å². The molecule has 106 valence electrons. The van der Waals surface area contributed by atoms with Crippen LogP contribution in [0.5, 0.6) is 0 Å². The Morgan fingerprint density at radius 2 is 1.90 bits per heavy atom. The maximum Gasteiger partial charge on any atom is 0.0901 e. The highest BCUT2D eigenvalue weighted by Crippen LogP contribution is 2.23. The third kappa shape index (κ3) is 3.28. The van der Waals surface area contributed by atoms with Crippen LogP contribution in [0.25, 0.3) is 11.3 Å². The topological polar surface area (TPSA) is 37.8 Å². The molecule has 3 rings (SSSR count). The Labute approximate surface area is 128 Å². The zero-order valence-electron chi connectivity index (χ0n) is 12.1. The van der Waals surface area contributed by atoms with Crippen LogP contribution in [0.1, 0.15) is 16.1 Å². The third-order valence-electron chi connectivity index (χ3n) is 3.43. The van der Waals surface area contributed by atoms with E-state index in [4.69, 9.17) is 0 Å². The Balaban J connectivity index is 1.69. The zero-order valence-corrected chi connectivity index (χ0v) is 12.9. The van der Waals surface area contributed by atoms with Gasteiger partial charge in [-0.25, -0.2) is 4.98 Å². The van der Waals surface area contributed by atoms with Crippen molar-refractivity contribution in [3.63, 3.8) is 0 Å². The predicted octanol–water partition coefficient (Wildman–Crippen LogP) is 4.43. The normalized spacial score (nSPS) is 10.6. The van der Waals surface area contributed by atoms with Crippen molar-refractivity contribution >= 4 is 17.0 Å². The van der Waals surface area contributed by atoms with E-state index in [1.54, 1.807) is 11.3 Å². The molecule has 3 aromatic rings. The summed E-state index contributed by atoms with van der Waals surface area (Å²) in [4.78, 5) is 8.67. The van der Waals surface area contributed by atoms with Crippen LogP contribution >= 0.6 is 11.3 Å². The molecule has 0 radical (unpaired) electrons. The van der Waals surface area contributed by atoms with Gasteiger partial charge in [0.2, 0.25) is 0 Å². The highest BCUT2D eigenvalue weighted by atomic mass is 32.1. The average molecular weight is 295 g/mol. The van der Waals surface area contributed by atoms with Gasteiger partial charge in [-0.15, -0.1) is 11.3 Å². The van der Waals surface area contributed by atoms with Crippen molar-refractivity contribution in [3.05, 3.63) is 64.2 Å². The number of thiazole rings is 1. The minimum atomic E-state index is 0.787. The lowest BCUT2D eigenvalue weighted by Gasteiger charge is -2.09. The largest absolute Gasteiger partial charge is 0.381 e. The average Bonchev–Trinajstić information content (AvgIpc) is 2.94. The SMILES string of the molecule is Cc1nc(-c2ccc(NCc3cnccc3C)cc2)cs1. The number of aromatic nitrogens is 2. The van der Waals surface area contributed by atoms with E-state index in [9.17, 15) is 0 Å². The van der Waals surface area contributed by atoms with E-state index in [-0.39, 0.29) is 0 Å². The number of rotatable bonds is 4. The molecule has 0 saturated carbocycles. The maximum atomic E-state index is 4.51. The molecule has 0 aliphatic carbocycles. The molecule has 1 N–H and O–H groups in total. The molecule has 2 aromatic heterocycles. The summed E-state index contributed by atoms with van der Waals surface area (Å²) in [5.74, 6) is 0. The van der Waals surface area contributed by atoms with Gasteiger partial charge in [0.25, 0.3) is 0 Å². The van der Waals surface area contributed by atoms with E-state index in [0.29, 0.717) is 0 Å². The molecule has 0 bridgehead atoms. The summed E-state index contributed by atoms with van der Waals surface area (Å²) in [6, 6.07) is 10.4. The van der Waals surface area contributed by atoms with Gasteiger partial charge >= 0.3 is 0 Å². The molecule has 0 fully saturated rings. The van der Waals surface area contributed by atoms with Crippen molar-refractivity contribution in [1.29, 1.82) is 0 Å². The van der Waals surface area contributed by atoms with E-state index >= 15 is 0 Å². The molecule has 0 amide bonds. The van der Waals surface area contributed by atoms with Crippen molar-refractivity contribution in [1.82, 2.24) is 9.97 Å². The molecular formula is C17H17N3S. The molecule has 1 aromatic carbocycles. The molecule has 0 aliphatic heterocycles. The van der Waals surface area contributed by atoms with Gasteiger partial charge in [-0.1, -0.05) is 12.1 Å². The maximum absolute atomic E-state index is 4.51. The number of nitrogens with zero attached hydrogens (tertiary/aromatic N) is 2. The molecule has 21 heavy (non-hydrogen) atoms. The molecule has 0 atom stereocenters. The van der Waals surface area contributed by atoms with E-state index < -0.39 is 0 Å². The van der Waals surface area contributed by atoms with Gasteiger partial charge in [0.1, 0.15) is 0 Å². The van der Waals surface area contributed by atoms with Crippen molar-refractivity contribution < 1.29 is 0 Å². The monoisotopic (exact) mass is 295 g/mol. The number of hydrogen-bond donors (Lipinski definition) is 1. The zero-order chi connectivity index (χ0) is 14.7. The van der Waals surface area contributed by atoms with Crippen LogP contribution in [0.15, 0.2) is 48.1 Å². The number of anilines is 1. The Morgan fingerprint density at radius 3 is 2.57 bits per heavy atom. The number of benzene rings is 1. The lowest BCUT2D eigenvalue weighted by Crippen LogP contribution is -2.01. The van der Waals surface area contributed by atoms with Crippen LogP contribution in [0, 0.1) is 13.8 Å². The van der Waals surface area contributed by atoms with Crippen LogP contribution in [0.3, 0.4) is 0 Å². The van der Waals surface area contributed by atoms with Gasteiger partial charge in [0, 0.05) is 35.6 Å². The first-order valence-electron chi connectivity index (χ1n) is 6.88. The van der Waals surface area contributed by atoms with E-state index in [1.165, 1.54) is 11.1 Å². The molecule has 4 heteroatoms. The van der Waals surface area contributed by atoms with Crippen molar-refractivity contribution in [2.75, 3.05) is 5.32 Å². The van der Waals surface area contributed by atoms with Crippen LogP contribution in [0.2, 0.25) is 0 Å². The van der Waals surface area contributed by atoms with Crippen molar-refractivity contribution in [2.45, 2.75) is 20.4 Å². The van der Waals surface area contributed by atoms with Gasteiger partial charge in [-0.3, -0.25) is 4.98 Å². The second-order valence-corrected chi connectivity index (χ2v) is 6.05. The quantitative estimate of drug-likeness (QED) is 0.773. The van der Waals surface area contributed by atoms with Gasteiger partial charge in [0.15, 0.2) is 0 Å². The molecule has 0 unspecified atom stereocenters. The Kier molecular flexibility index (Phi) is 3.97. The Hall–Kier alpha value is -2.20. The lowest BCUT2D eigenvalue weighted by atomic mass is 10.1. The lowest BCUT2D eigenvalue weighted by molar-refractivity contribution is 1.08. The van der Waals surface area contributed by atoms with Gasteiger partial charge < -0.3 is 5.32 Å². The summed E-state index contributed by atoms with van der Waals surface area (Å²) >= 11 is 1.68. The molecular weight excluding hydrogens is 278 g/mol. The molecule has 2 heterocycles. The first kappa shape index (κ1) is 13.8. The number of pyridine rings is 1. The molecule has 0 aliphatic rings.